The Labute approximate surface area is 143 Å². The lowest BCUT2D eigenvalue weighted by Crippen LogP contribution is -2.38. The molecule has 0 aliphatic carbocycles. The zero-order valence-corrected chi connectivity index (χ0v) is 14.6. The third kappa shape index (κ3) is 2.98. The molecule has 3 rings (SSSR count). The molecular formula is C16H20N4O3S. The van der Waals surface area contributed by atoms with Gasteiger partial charge in [-0.05, 0) is 25.3 Å². The normalized spacial score (nSPS) is 15.0. The minimum Gasteiger partial charge on any atom is -0.342 e. The molecule has 24 heavy (non-hydrogen) atoms. The molecule has 1 amide bonds. The summed E-state index contributed by atoms with van der Waals surface area (Å²) in [5.74, 6) is 0.372. The monoisotopic (exact) mass is 348 g/mol. The van der Waals surface area contributed by atoms with E-state index in [1.54, 1.807) is 19.3 Å². The third-order valence-electron chi connectivity index (χ3n) is 4.36. The number of thioether (sulfide) groups is 1. The average molecular weight is 348 g/mol. The molecule has 0 N–H and O–H groups in total. The highest BCUT2D eigenvalue weighted by molar-refractivity contribution is 8.00. The van der Waals surface area contributed by atoms with Crippen LogP contribution in [0, 0.1) is 0 Å². The van der Waals surface area contributed by atoms with Crippen molar-refractivity contribution in [3.05, 3.63) is 33.1 Å². The lowest BCUT2D eigenvalue weighted by molar-refractivity contribution is -0.129. The van der Waals surface area contributed by atoms with Gasteiger partial charge in [-0.15, -0.1) is 11.8 Å². The van der Waals surface area contributed by atoms with Gasteiger partial charge in [0.05, 0.1) is 11.1 Å². The predicted octanol–water partition coefficient (Wildman–Crippen LogP) is 0.737. The van der Waals surface area contributed by atoms with Crippen LogP contribution in [-0.4, -0.2) is 43.8 Å². The number of piperidine rings is 1. The van der Waals surface area contributed by atoms with E-state index in [-0.39, 0.29) is 17.2 Å². The number of carbonyl (C=O) groups is 1. The Bertz CT molecular complexity index is 897. The highest BCUT2D eigenvalue weighted by Crippen LogP contribution is 2.24. The molecule has 1 fully saturated rings. The summed E-state index contributed by atoms with van der Waals surface area (Å²) in [7, 11) is 3.04. The highest BCUT2D eigenvalue weighted by Gasteiger charge is 2.18. The number of pyridine rings is 1. The molecule has 1 aliphatic heterocycles. The molecule has 8 heteroatoms. The van der Waals surface area contributed by atoms with Crippen LogP contribution in [0.4, 0.5) is 0 Å². The standard InChI is InChI=1S/C16H20N4O3S/c1-18-14-13(15(22)19(2)16(18)23)11(6-7-17-14)24-10-12(21)20-8-4-3-5-9-20/h6-7H,3-5,8-10H2,1-2H3. The summed E-state index contributed by atoms with van der Waals surface area (Å²) >= 11 is 1.33. The summed E-state index contributed by atoms with van der Waals surface area (Å²) in [6.07, 6.45) is 4.85. The van der Waals surface area contributed by atoms with E-state index in [4.69, 9.17) is 0 Å². The number of aromatic nitrogens is 3. The van der Waals surface area contributed by atoms with Crippen molar-refractivity contribution in [1.82, 2.24) is 19.0 Å². The van der Waals surface area contributed by atoms with E-state index in [1.807, 2.05) is 4.90 Å². The molecule has 0 radical (unpaired) electrons. The molecule has 0 spiro atoms. The second kappa shape index (κ2) is 6.80. The van der Waals surface area contributed by atoms with Crippen molar-refractivity contribution < 1.29 is 4.79 Å². The molecule has 1 saturated heterocycles. The lowest BCUT2D eigenvalue weighted by atomic mass is 10.1. The van der Waals surface area contributed by atoms with Crippen LogP contribution in [0.25, 0.3) is 11.0 Å². The van der Waals surface area contributed by atoms with Crippen molar-refractivity contribution in [2.24, 2.45) is 14.1 Å². The molecule has 128 valence electrons. The highest BCUT2D eigenvalue weighted by atomic mass is 32.2. The first-order chi connectivity index (χ1) is 11.5. The summed E-state index contributed by atoms with van der Waals surface area (Å²) in [6, 6.07) is 1.72. The quantitative estimate of drug-likeness (QED) is 0.765. The van der Waals surface area contributed by atoms with Gasteiger partial charge >= 0.3 is 5.69 Å². The predicted molar refractivity (Wildman–Crippen MR) is 93.4 cm³/mol. The van der Waals surface area contributed by atoms with Gasteiger partial charge in [0.15, 0.2) is 0 Å². The first-order valence-electron chi connectivity index (χ1n) is 7.96. The van der Waals surface area contributed by atoms with Crippen molar-refractivity contribution in [2.45, 2.75) is 24.2 Å². The molecule has 0 saturated carbocycles. The first-order valence-corrected chi connectivity index (χ1v) is 8.94. The molecular weight excluding hydrogens is 328 g/mol. The van der Waals surface area contributed by atoms with Gasteiger partial charge in [-0.2, -0.15) is 0 Å². The Kier molecular flexibility index (Phi) is 4.75. The smallest absolute Gasteiger partial charge is 0.332 e. The van der Waals surface area contributed by atoms with Gasteiger partial charge in [-0.25, -0.2) is 9.78 Å². The minimum atomic E-state index is -0.411. The summed E-state index contributed by atoms with van der Waals surface area (Å²) in [5, 5.41) is 0.388. The number of hydrogen-bond donors (Lipinski definition) is 0. The van der Waals surface area contributed by atoms with Crippen molar-refractivity contribution >= 4 is 28.7 Å². The van der Waals surface area contributed by atoms with Gasteiger partial charge < -0.3 is 4.90 Å². The molecule has 2 aromatic heterocycles. The molecule has 3 heterocycles. The average Bonchev–Trinajstić information content (AvgIpc) is 2.63. The maximum atomic E-state index is 12.5. The minimum absolute atomic E-state index is 0.0892. The van der Waals surface area contributed by atoms with Crippen molar-refractivity contribution in [2.75, 3.05) is 18.8 Å². The molecule has 0 unspecified atom stereocenters. The van der Waals surface area contributed by atoms with Crippen LogP contribution in [0.5, 0.6) is 0 Å². The third-order valence-corrected chi connectivity index (χ3v) is 5.41. The van der Waals surface area contributed by atoms with Gasteiger partial charge in [0.1, 0.15) is 5.65 Å². The number of carbonyl (C=O) groups excluding carboxylic acids is 1. The largest absolute Gasteiger partial charge is 0.342 e. The maximum Gasteiger partial charge on any atom is 0.332 e. The Morgan fingerprint density at radius 3 is 2.58 bits per heavy atom. The SMILES string of the molecule is Cn1c(=O)c2c(SCC(=O)N3CCCCC3)ccnc2n(C)c1=O. The van der Waals surface area contributed by atoms with E-state index >= 15 is 0 Å². The first kappa shape index (κ1) is 16.8. The molecule has 0 bridgehead atoms. The zero-order valence-electron chi connectivity index (χ0n) is 13.8. The van der Waals surface area contributed by atoms with E-state index in [1.165, 1.54) is 29.8 Å². The van der Waals surface area contributed by atoms with Gasteiger partial charge in [-0.3, -0.25) is 18.7 Å². The molecule has 7 nitrogen and oxygen atoms in total. The topological polar surface area (TPSA) is 77.2 Å². The Morgan fingerprint density at radius 1 is 1.17 bits per heavy atom. The van der Waals surface area contributed by atoms with Gasteiger partial charge in [0, 0.05) is 38.3 Å². The summed E-state index contributed by atoms with van der Waals surface area (Å²) in [5.41, 5.74) is -0.445. The Morgan fingerprint density at radius 2 is 1.88 bits per heavy atom. The number of fused-ring (bicyclic) bond motifs is 1. The number of rotatable bonds is 3. The number of hydrogen-bond acceptors (Lipinski definition) is 5. The Hall–Kier alpha value is -2.09. The number of amides is 1. The van der Waals surface area contributed by atoms with Gasteiger partial charge in [0.2, 0.25) is 5.91 Å². The fourth-order valence-electron chi connectivity index (χ4n) is 2.95. The van der Waals surface area contributed by atoms with Crippen LogP contribution < -0.4 is 11.2 Å². The van der Waals surface area contributed by atoms with Crippen LogP contribution >= 0.6 is 11.8 Å². The molecule has 0 atom stereocenters. The van der Waals surface area contributed by atoms with Crippen LogP contribution in [0.3, 0.4) is 0 Å². The second-order valence-corrected chi connectivity index (χ2v) is 6.96. The summed E-state index contributed by atoms with van der Waals surface area (Å²) < 4.78 is 2.42. The van der Waals surface area contributed by atoms with E-state index in [2.05, 4.69) is 4.98 Å². The number of likely N-dealkylation sites (tertiary alicyclic amines) is 1. The van der Waals surface area contributed by atoms with E-state index in [0.29, 0.717) is 15.9 Å². The molecule has 1 aliphatic rings. The maximum absolute atomic E-state index is 12.5. The molecule has 2 aromatic rings. The van der Waals surface area contributed by atoms with Crippen LogP contribution in [0.2, 0.25) is 0 Å². The second-order valence-electron chi connectivity index (χ2n) is 5.94. The Balaban J connectivity index is 1.91. The van der Waals surface area contributed by atoms with Crippen molar-refractivity contribution in [3.8, 4) is 0 Å². The van der Waals surface area contributed by atoms with Gasteiger partial charge in [-0.1, -0.05) is 0 Å². The lowest BCUT2D eigenvalue weighted by Gasteiger charge is -2.26. The van der Waals surface area contributed by atoms with Crippen LogP contribution in [0.1, 0.15) is 19.3 Å². The molecule has 0 aromatic carbocycles. The van der Waals surface area contributed by atoms with E-state index in [0.717, 1.165) is 30.5 Å². The fraction of sp³-hybridized carbons (Fsp3) is 0.500. The van der Waals surface area contributed by atoms with Crippen LogP contribution in [0.15, 0.2) is 26.7 Å². The van der Waals surface area contributed by atoms with Gasteiger partial charge in [0.25, 0.3) is 5.56 Å². The zero-order chi connectivity index (χ0) is 17.3. The van der Waals surface area contributed by atoms with Crippen LogP contribution in [-0.2, 0) is 18.9 Å². The van der Waals surface area contributed by atoms with Crippen molar-refractivity contribution in [1.29, 1.82) is 0 Å². The number of nitrogens with zero attached hydrogens (tertiary/aromatic N) is 4. The summed E-state index contributed by atoms with van der Waals surface area (Å²) in [4.78, 5) is 43.5. The van der Waals surface area contributed by atoms with E-state index < -0.39 is 5.69 Å². The van der Waals surface area contributed by atoms with Crippen molar-refractivity contribution in [3.63, 3.8) is 0 Å². The fourth-order valence-corrected chi connectivity index (χ4v) is 3.90. The summed E-state index contributed by atoms with van der Waals surface area (Å²) in [6.45, 7) is 1.62. The van der Waals surface area contributed by atoms with E-state index in [9.17, 15) is 14.4 Å². The number of aryl methyl sites for hydroxylation is 1.